The molecule has 6 heteroatoms. The van der Waals surface area contributed by atoms with E-state index in [0.29, 0.717) is 12.1 Å². The lowest BCUT2D eigenvalue weighted by molar-refractivity contribution is -0.144. The van der Waals surface area contributed by atoms with Crippen LogP contribution in [0.15, 0.2) is 60.2 Å². The van der Waals surface area contributed by atoms with Gasteiger partial charge in [0.2, 0.25) is 0 Å². The van der Waals surface area contributed by atoms with Crippen molar-refractivity contribution in [2.45, 2.75) is 12.8 Å². The maximum Gasteiger partial charge on any atom is 0.349 e. The quantitative estimate of drug-likeness (QED) is 0.425. The van der Waals surface area contributed by atoms with Crippen LogP contribution in [0.4, 0.5) is 5.69 Å². The summed E-state index contributed by atoms with van der Waals surface area (Å²) in [5.74, 6) is -1.10. The predicted molar refractivity (Wildman–Crippen MR) is 113 cm³/mol. The number of nitriles is 1. The lowest BCUT2D eigenvalue weighted by atomic mass is 10.0. The van der Waals surface area contributed by atoms with Gasteiger partial charge in [-0.3, -0.25) is 4.79 Å². The van der Waals surface area contributed by atoms with Crippen molar-refractivity contribution in [1.29, 1.82) is 5.26 Å². The van der Waals surface area contributed by atoms with E-state index < -0.39 is 18.5 Å². The maximum atomic E-state index is 12.1. The summed E-state index contributed by atoms with van der Waals surface area (Å²) in [5.41, 5.74) is 2.66. The average Bonchev–Trinajstić information content (AvgIpc) is 2.74. The molecule has 0 bridgehead atoms. The molecule has 0 aromatic heterocycles. The Bertz CT molecular complexity index is 897. The van der Waals surface area contributed by atoms with Crippen LogP contribution < -0.4 is 10.2 Å². The zero-order chi connectivity index (χ0) is 21.2. The number of benzene rings is 2. The van der Waals surface area contributed by atoms with Gasteiger partial charge in [0.05, 0.1) is 0 Å². The number of amides is 1. The maximum absolute atomic E-state index is 12.1. The Labute approximate surface area is 171 Å². The van der Waals surface area contributed by atoms with Crippen LogP contribution in [0.5, 0.6) is 0 Å². The zero-order valence-electron chi connectivity index (χ0n) is 16.9. The van der Waals surface area contributed by atoms with Gasteiger partial charge in [-0.2, -0.15) is 5.26 Å². The van der Waals surface area contributed by atoms with Crippen molar-refractivity contribution in [1.82, 2.24) is 5.32 Å². The van der Waals surface area contributed by atoms with Crippen molar-refractivity contribution in [3.05, 3.63) is 71.3 Å². The number of rotatable bonds is 8. The number of carbonyl (C=O) groups excluding carboxylic acids is 2. The van der Waals surface area contributed by atoms with Gasteiger partial charge < -0.3 is 15.0 Å². The second-order valence-corrected chi connectivity index (χ2v) is 6.85. The Morgan fingerprint density at radius 1 is 1.14 bits per heavy atom. The molecule has 1 amide bonds. The van der Waals surface area contributed by atoms with E-state index in [1.165, 1.54) is 6.08 Å². The number of carbonyl (C=O) groups is 2. The molecule has 0 spiro atoms. The van der Waals surface area contributed by atoms with Crippen LogP contribution >= 0.6 is 0 Å². The molecule has 0 saturated carbocycles. The van der Waals surface area contributed by atoms with Crippen LogP contribution in [0.1, 0.15) is 24.0 Å². The molecule has 150 valence electrons. The second kappa shape index (κ2) is 10.7. The Hall–Kier alpha value is -3.59. The van der Waals surface area contributed by atoms with Gasteiger partial charge in [-0.25, -0.2) is 4.79 Å². The van der Waals surface area contributed by atoms with Crippen molar-refractivity contribution >= 4 is 23.6 Å². The molecule has 6 nitrogen and oxygen atoms in total. The van der Waals surface area contributed by atoms with Crippen LogP contribution in [0.3, 0.4) is 0 Å². The minimum Gasteiger partial charge on any atom is -0.451 e. The molecule has 2 aromatic carbocycles. The van der Waals surface area contributed by atoms with Crippen molar-refractivity contribution < 1.29 is 14.3 Å². The highest BCUT2D eigenvalue weighted by molar-refractivity contribution is 5.98. The molecular weight excluding hydrogens is 366 g/mol. The van der Waals surface area contributed by atoms with E-state index in [1.807, 2.05) is 74.5 Å². The van der Waals surface area contributed by atoms with Gasteiger partial charge in [-0.1, -0.05) is 49.4 Å². The van der Waals surface area contributed by atoms with Crippen LogP contribution in [0, 0.1) is 11.3 Å². The van der Waals surface area contributed by atoms with Crippen molar-refractivity contribution in [3.63, 3.8) is 0 Å². The van der Waals surface area contributed by atoms with Gasteiger partial charge in [0, 0.05) is 26.3 Å². The number of nitrogens with zero attached hydrogens (tertiary/aromatic N) is 2. The zero-order valence-corrected chi connectivity index (χ0v) is 16.9. The van der Waals surface area contributed by atoms with E-state index in [4.69, 9.17) is 4.74 Å². The number of esters is 1. The highest BCUT2D eigenvalue weighted by atomic mass is 16.5. The van der Waals surface area contributed by atoms with E-state index >= 15 is 0 Å². The monoisotopic (exact) mass is 391 g/mol. The van der Waals surface area contributed by atoms with E-state index in [0.717, 1.165) is 11.3 Å². The topological polar surface area (TPSA) is 82.4 Å². The van der Waals surface area contributed by atoms with Crippen LogP contribution in [0.2, 0.25) is 0 Å². The summed E-state index contributed by atoms with van der Waals surface area (Å²) in [6.07, 6.45) is 1.44. The van der Waals surface area contributed by atoms with Gasteiger partial charge in [0.25, 0.3) is 5.91 Å². The van der Waals surface area contributed by atoms with Crippen molar-refractivity contribution in [2.24, 2.45) is 0 Å². The Morgan fingerprint density at radius 3 is 2.38 bits per heavy atom. The standard InChI is InChI=1S/C23H25N3O3/c1-17(19-7-5-4-6-8-19)15-25-22(27)16-29-23(28)20(14-24)13-18-9-11-21(12-10-18)26(2)3/h4-13,17H,15-16H2,1-3H3,(H,25,27)/b20-13+/t17-/m0/s1. The predicted octanol–water partition coefficient (Wildman–Crippen LogP) is 3.12. The molecule has 0 aliphatic rings. The normalized spacial score (nSPS) is 11.9. The fraction of sp³-hybridized carbons (Fsp3) is 0.261. The Balaban J connectivity index is 1.86. The largest absolute Gasteiger partial charge is 0.451 e. The molecule has 29 heavy (non-hydrogen) atoms. The van der Waals surface area contributed by atoms with E-state index in [2.05, 4.69) is 5.32 Å². The summed E-state index contributed by atoms with van der Waals surface area (Å²) < 4.78 is 4.98. The molecule has 0 unspecified atom stereocenters. The van der Waals surface area contributed by atoms with Crippen molar-refractivity contribution in [3.8, 4) is 6.07 Å². The first-order chi connectivity index (χ1) is 13.9. The SMILES string of the molecule is C[C@@H](CNC(=O)COC(=O)/C(C#N)=C/c1ccc(N(C)C)cc1)c1ccccc1. The first-order valence-electron chi connectivity index (χ1n) is 9.28. The van der Waals surface area contributed by atoms with Crippen LogP contribution in [-0.2, 0) is 14.3 Å². The minimum absolute atomic E-state index is 0.135. The molecule has 2 rings (SSSR count). The minimum atomic E-state index is -0.824. The molecule has 0 aliphatic carbocycles. The number of ether oxygens (including phenoxy) is 1. The van der Waals surface area contributed by atoms with Gasteiger partial charge in [-0.05, 0) is 35.3 Å². The summed E-state index contributed by atoms with van der Waals surface area (Å²) in [5, 5.41) is 12.0. The summed E-state index contributed by atoms with van der Waals surface area (Å²) in [6.45, 7) is 2.00. The Morgan fingerprint density at radius 2 is 1.79 bits per heavy atom. The van der Waals surface area contributed by atoms with Crippen molar-refractivity contribution in [2.75, 3.05) is 32.1 Å². The van der Waals surface area contributed by atoms with Gasteiger partial charge in [0.15, 0.2) is 6.61 Å². The summed E-state index contributed by atoms with van der Waals surface area (Å²) in [7, 11) is 3.85. The lowest BCUT2D eigenvalue weighted by Crippen LogP contribution is -2.31. The molecule has 2 aromatic rings. The number of hydrogen-bond donors (Lipinski definition) is 1. The molecular formula is C23H25N3O3. The third-order valence-corrected chi connectivity index (χ3v) is 4.37. The molecule has 0 radical (unpaired) electrons. The molecule has 1 N–H and O–H groups in total. The van der Waals surface area contributed by atoms with E-state index in [-0.39, 0.29) is 11.5 Å². The van der Waals surface area contributed by atoms with Gasteiger partial charge >= 0.3 is 5.97 Å². The fourth-order valence-electron chi connectivity index (χ4n) is 2.60. The molecule has 0 saturated heterocycles. The van der Waals surface area contributed by atoms with Gasteiger partial charge in [-0.15, -0.1) is 0 Å². The number of anilines is 1. The highest BCUT2D eigenvalue weighted by Gasteiger charge is 2.14. The average molecular weight is 391 g/mol. The molecule has 1 atom stereocenters. The highest BCUT2D eigenvalue weighted by Crippen LogP contribution is 2.15. The molecule has 0 fully saturated rings. The van der Waals surface area contributed by atoms with E-state index in [9.17, 15) is 14.9 Å². The van der Waals surface area contributed by atoms with Crippen LogP contribution in [-0.4, -0.2) is 39.1 Å². The number of hydrogen-bond acceptors (Lipinski definition) is 5. The second-order valence-electron chi connectivity index (χ2n) is 6.85. The first kappa shape index (κ1) is 21.7. The summed E-state index contributed by atoms with van der Waals surface area (Å²) >= 11 is 0. The lowest BCUT2D eigenvalue weighted by Gasteiger charge is -2.13. The Kier molecular flexibility index (Phi) is 7.99. The number of nitrogens with one attached hydrogen (secondary N) is 1. The molecule has 0 aliphatic heterocycles. The van der Waals surface area contributed by atoms with Gasteiger partial charge in [0.1, 0.15) is 11.6 Å². The summed E-state index contributed by atoms with van der Waals surface area (Å²) in [4.78, 5) is 26.0. The summed E-state index contributed by atoms with van der Waals surface area (Å²) in [6, 6.07) is 19.0. The van der Waals surface area contributed by atoms with E-state index in [1.54, 1.807) is 12.1 Å². The third-order valence-electron chi connectivity index (χ3n) is 4.37. The molecule has 0 heterocycles. The fourth-order valence-corrected chi connectivity index (χ4v) is 2.60. The third kappa shape index (κ3) is 6.82. The first-order valence-corrected chi connectivity index (χ1v) is 9.28. The van der Waals surface area contributed by atoms with Crippen LogP contribution in [0.25, 0.3) is 6.08 Å². The smallest absolute Gasteiger partial charge is 0.349 e.